The van der Waals surface area contributed by atoms with Gasteiger partial charge in [0.1, 0.15) is 5.76 Å². The van der Waals surface area contributed by atoms with Crippen LogP contribution in [0.25, 0.3) is 0 Å². The number of nitrogen functional groups attached to an aromatic ring is 1. The summed E-state index contributed by atoms with van der Waals surface area (Å²) in [6.45, 7) is 1.75. The van der Waals surface area contributed by atoms with E-state index in [-0.39, 0.29) is 27.2 Å². The third kappa shape index (κ3) is 2.30. The zero-order valence-corrected chi connectivity index (χ0v) is 10.5. The number of nitrogens with two attached hydrogens (primary N) is 1. The molecular weight excluding hydrogens is 261 g/mol. The molecule has 0 amide bonds. The standard InChI is InChI=1S/C12H9Cl2NO2/c1-6-2-3-10(17-6)12(16)8-4-7(15)5-9(13)11(8)14/h2-5H,15H2,1H3. The summed E-state index contributed by atoms with van der Waals surface area (Å²) in [7, 11) is 0. The van der Waals surface area contributed by atoms with Crippen molar-refractivity contribution in [3.8, 4) is 0 Å². The van der Waals surface area contributed by atoms with Crippen LogP contribution in [0.1, 0.15) is 21.9 Å². The molecule has 2 aromatic rings. The van der Waals surface area contributed by atoms with Crippen LogP contribution in [0.4, 0.5) is 5.69 Å². The Morgan fingerprint density at radius 1 is 1.29 bits per heavy atom. The van der Waals surface area contributed by atoms with Crippen molar-refractivity contribution in [2.45, 2.75) is 6.92 Å². The number of anilines is 1. The number of carbonyl (C=O) groups is 1. The van der Waals surface area contributed by atoms with E-state index in [1.165, 1.54) is 12.1 Å². The predicted molar refractivity (Wildman–Crippen MR) is 67.8 cm³/mol. The van der Waals surface area contributed by atoms with Crippen LogP contribution in [-0.4, -0.2) is 5.78 Å². The summed E-state index contributed by atoms with van der Waals surface area (Å²) in [6, 6.07) is 6.27. The van der Waals surface area contributed by atoms with E-state index in [0.29, 0.717) is 11.4 Å². The smallest absolute Gasteiger partial charge is 0.229 e. The van der Waals surface area contributed by atoms with Gasteiger partial charge in [-0.3, -0.25) is 4.79 Å². The second-order valence-electron chi connectivity index (χ2n) is 3.60. The summed E-state index contributed by atoms with van der Waals surface area (Å²) in [4.78, 5) is 12.1. The second kappa shape index (κ2) is 4.43. The lowest BCUT2D eigenvalue weighted by Crippen LogP contribution is -2.02. The SMILES string of the molecule is Cc1ccc(C(=O)c2cc(N)cc(Cl)c2Cl)o1. The molecule has 0 bridgehead atoms. The van der Waals surface area contributed by atoms with Crippen LogP contribution in [0.5, 0.6) is 0 Å². The highest BCUT2D eigenvalue weighted by atomic mass is 35.5. The van der Waals surface area contributed by atoms with Gasteiger partial charge in [-0.1, -0.05) is 23.2 Å². The Labute approximate surface area is 108 Å². The van der Waals surface area contributed by atoms with Gasteiger partial charge < -0.3 is 10.2 Å². The van der Waals surface area contributed by atoms with Gasteiger partial charge in [-0.15, -0.1) is 0 Å². The molecule has 0 radical (unpaired) electrons. The first-order valence-corrected chi connectivity index (χ1v) is 5.60. The number of benzene rings is 1. The highest BCUT2D eigenvalue weighted by Crippen LogP contribution is 2.30. The molecule has 0 atom stereocenters. The molecule has 0 unspecified atom stereocenters. The van der Waals surface area contributed by atoms with Crippen LogP contribution in [0.15, 0.2) is 28.7 Å². The normalized spacial score (nSPS) is 10.5. The quantitative estimate of drug-likeness (QED) is 0.668. The minimum absolute atomic E-state index is 0.180. The number of furan rings is 1. The zero-order chi connectivity index (χ0) is 12.6. The fourth-order valence-electron chi connectivity index (χ4n) is 1.46. The molecule has 0 spiro atoms. The van der Waals surface area contributed by atoms with Crippen molar-refractivity contribution in [1.29, 1.82) is 0 Å². The zero-order valence-electron chi connectivity index (χ0n) is 8.96. The molecule has 1 aromatic heterocycles. The lowest BCUT2D eigenvalue weighted by molar-refractivity contribution is 0.101. The molecule has 1 heterocycles. The van der Waals surface area contributed by atoms with Crippen LogP contribution < -0.4 is 5.73 Å². The van der Waals surface area contributed by atoms with Crippen molar-refractivity contribution in [3.63, 3.8) is 0 Å². The van der Waals surface area contributed by atoms with Gasteiger partial charge in [-0.25, -0.2) is 0 Å². The Hall–Kier alpha value is -1.45. The number of aryl methyl sites for hydroxylation is 1. The lowest BCUT2D eigenvalue weighted by Gasteiger charge is -2.05. The monoisotopic (exact) mass is 269 g/mol. The van der Waals surface area contributed by atoms with Gasteiger partial charge in [-0.05, 0) is 31.2 Å². The van der Waals surface area contributed by atoms with Crippen molar-refractivity contribution in [2.75, 3.05) is 5.73 Å². The van der Waals surface area contributed by atoms with Crippen LogP contribution in [0.3, 0.4) is 0 Å². The second-order valence-corrected chi connectivity index (χ2v) is 4.39. The number of ketones is 1. The van der Waals surface area contributed by atoms with E-state index in [4.69, 9.17) is 33.4 Å². The molecule has 2 rings (SSSR count). The summed E-state index contributed by atoms with van der Waals surface area (Å²) in [5, 5.41) is 0.429. The molecule has 0 aliphatic rings. The molecule has 2 N–H and O–H groups in total. The molecule has 17 heavy (non-hydrogen) atoms. The summed E-state index contributed by atoms with van der Waals surface area (Å²) < 4.78 is 5.24. The Morgan fingerprint density at radius 2 is 2.00 bits per heavy atom. The van der Waals surface area contributed by atoms with E-state index in [1.807, 2.05) is 0 Å². The molecule has 0 aliphatic carbocycles. The largest absolute Gasteiger partial charge is 0.458 e. The van der Waals surface area contributed by atoms with Crippen molar-refractivity contribution < 1.29 is 9.21 Å². The lowest BCUT2D eigenvalue weighted by atomic mass is 10.1. The van der Waals surface area contributed by atoms with E-state index in [1.54, 1.807) is 19.1 Å². The van der Waals surface area contributed by atoms with Crippen molar-refractivity contribution in [1.82, 2.24) is 0 Å². The molecule has 5 heteroatoms. The van der Waals surface area contributed by atoms with E-state index >= 15 is 0 Å². The van der Waals surface area contributed by atoms with Gasteiger partial charge in [0, 0.05) is 11.3 Å². The summed E-state index contributed by atoms with van der Waals surface area (Å²) in [5.41, 5.74) is 6.25. The van der Waals surface area contributed by atoms with Gasteiger partial charge in [0.25, 0.3) is 0 Å². The van der Waals surface area contributed by atoms with E-state index in [9.17, 15) is 4.79 Å². The maximum Gasteiger partial charge on any atom is 0.229 e. The topological polar surface area (TPSA) is 56.2 Å². The fourth-order valence-corrected chi connectivity index (χ4v) is 1.89. The molecule has 88 valence electrons. The van der Waals surface area contributed by atoms with E-state index < -0.39 is 0 Å². The average Bonchev–Trinajstić information content (AvgIpc) is 2.69. The molecule has 0 aliphatic heterocycles. The molecule has 0 fully saturated rings. The van der Waals surface area contributed by atoms with Crippen molar-refractivity contribution >= 4 is 34.7 Å². The predicted octanol–water partition coefficient (Wildman–Crippen LogP) is 3.71. The van der Waals surface area contributed by atoms with Crippen LogP contribution in [0, 0.1) is 6.92 Å². The fraction of sp³-hybridized carbons (Fsp3) is 0.0833. The van der Waals surface area contributed by atoms with Crippen LogP contribution in [-0.2, 0) is 0 Å². The molecule has 0 saturated carbocycles. The molecule has 0 saturated heterocycles. The van der Waals surface area contributed by atoms with Crippen molar-refractivity contribution in [3.05, 3.63) is 51.4 Å². The highest BCUT2D eigenvalue weighted by molar-refractivity contribution is 6.44. The minimum atomic E-state index is -0.336. The van der Waals surface area contributed by atoms with Gasteiger partial charge in [0.15, 0.2) is 5.76 Å². The van der Waals surface area contributed by atoms with Gasteiger partial charge in [-0.2, -0.15) is 0 Å². The van der Waals surface area contributed by atoms with Crippen LogP contribution in [0.2, 0.25) is 10.0 Å². The van der Waals surface area contributed by atoms with Crippen molar-refractivity contribution in [2.24, 2.45) is 0 Å². The Bertz CT molecular complexity index is 590. The number of carbonyl (C=O) groups excluding carboxylic acids is 1. The maximum atomic E-state index is 12.1. The number of hydrogen-bond acceptors (Lipinski definition) is 3. The third-order valence-electron chi connectivity index (χ3n) is 2.26. The Morgan fingerprint density at radius 3 is 2.59 bits per heavy atom. The minimum Gasteiger partial charge on any atom is -0.458 e. The molecule has 3 nitrogen and oxygen atoms in total. The van der Waals surface area contributed by atoms with E-state index in [0.717, 1.165) is 0 Å². The highest BCUT2D eigenvalue weighted by Gasteiger charge is 2.18. The Kier molecular flexibility index (Phi) is 3.13. The molecule has 1 aromatic carbocycles. The first kappa shape index (κ1) is 12.0. The average molecular weight is 270 g/mol. The number of halogens is 2. The third-order valence-corrected chi connectivity index (χ3v) is 3.06. The maximum absolute atomic E-state index is 12.1. The Balaban J connectivity index is 2.51. The van der Waals surface area contributed by atoms with Gasteiger partial charge in [0.2, 0.25) is 5.78 Å². The van der Waals surface area contributed by atoms with Gasteiger partial charge >= 0.3 is 0 Å². The van der Waals surface area contributed by atoms with Gasteiger partial charge in [0.05, 0.1) is 10.0 Å². The van der Waals surface area contributed by atoms with Crippen LogP contribution >= 0.6 is 23.2 Å². The summed E-state index contributed by atoms with van der Waals surface area (Å²) in [5.74, 6) is 0.530. The first-order chi connectivity index (χ1) is 7.99. The summed E-state index contributed by atoms with van der Waals surface area (Å²) in [6.07, 6.45) is 0. The molecular formula is C12H9Cl2NO2. The first-order valence-electron chi connectivity index (χ1n) is 4.84. The number of rotatable bonds is 2. The summed E-state index contributed by atoms with van der Waals surface area (Å²) >= 11 is 11.8. The number of hydrogen-bond donors (Lipinski definition) is 1. The van der Waals surface area contributed by atoms with E-state index in [2.05, 4.69) is 0 Å².